The molecule has 0 amide bonds. The number of halogens is 2. The summed E-state index contributed by atoms with van der Waals surface area (Å²) in [5, 5.41) is 0. The van der Waals surface area contributed by atoms with E-state index in [9.17, 15) is 8.78 Å². The molecule has 114 valence electrons. The van der Waals surface area contributed by atoms with E-state index >= 15 is 0 Å². The molecule has 1 rings (SSSR count). The van der Waals surface area contributed by atoms with Gasteiger partial charge in [-0.2, -0.15) is 0 Å². The van der Waals surface area contributed by atoms with Crippen LogP contribution in [-0.4, -0.2) is 19.6 Å². The fraction of sp³-hybridized carbons (Fsp3) is 0.625. The van der Waals surface area contributed by atoms with Gasteiger partial charge in [0.2, 0.25) is 0 Å². The summed E-state index contributed by atoms with van der Waals surface area (Å²) in [5.74, 6) is 0. The van der Waals surface area contributed by atoms with Crippen LogP contribution in [-0.2, 0) is 4.74 Å². The summed E-state index contributed by atoms with van der Waals surface area (Å²) in [6.07, 6.45) is -1.87. The first kappa shape index (κ1) is 17.1. The van der Waals surface area contributed by atoms with Gasteiger partial charge in [-0.1, -0.05) is 0 Å². The molecule has 0 fully saturated rings. The number of alkyl halides is 2. The Morgan fingerprint density at radius 3 is 1.80 bits per heavy atom. The molecule has 0 aliphatic rings. The van der Waals surface area contributed by atoms with E-state index in [1.165, 1.54) is 27.8 Å². The average Bonchev–Trinajstić information content (AvgIpc) is 2.39. The molecule has 0 aliphatic carbocycles. The van der Waals surface area contributed by atoms with Gasteiger partial charge in [0, 0.05) is 12.6 Å². The van der Waals surface area contributed by atoms with Crippen LogP contribution in [0.2, 0.25) is 0 Å². The van der Waals surface area contributed by atoms with Crippen molar-refractivity contribution in [2.24, 2.45) is 5.73 Å². The summed E-state index contributed by atoms with van der Waals surface area (Å²) in [6.45, 7) is 10.2. The maximum atomic E-state index is 12.0. The molecule has 4 heteroatoms. The zero-order valence-corrected chi connectivity index (χ0v) is 13.0. The van der Waals surface area contributed by atoms with Crippen LogP contribution in [0.15, 0.2) is 0 Å². The summed E-state index contributed by atoms with van der Waals surface area (Å²) < 4.78 is 28.9. The fourth-order valence-electron chi connectivity index (χ4n) is 2.61. The van der Waals surface area contributed by atoms with Crippen molar-refractivity contribution in [1.29, 1.82) is 0 Å². The minimum Gasteiger partial charge on any atom is -0.375 e. The molecule has 0 saturated carbocycles. The molecule has 2 N–H and O–H groups in total. The third-order valence-corrected chi connectivity index (χ3v) is 4.25. The number of ether oxygens (including phenoxy) is 1. The molecule has 0 saturated heterocycles. The first-order valence-corrected chi connectivity index (χ1v) is 6.95. The van der Waals surface area contributed by atoms with Gasteiger partial charge in [-0.3, -0.25) is 0 Å². The maximum Gasteiger partial charge on any atom is 0.261 e. The third kappa shape index (κ3) is 3.76. The molecular formula is C16H25F2NO. The molecule has 0 heterocycles. The summed E-state index contributed by atoms with van der Waals surface area (Å²) in [7, 11) is 0. The van der Waals surface area contributed by atoms with Crippen molar-refractivity contribution < 1.29 is 13.5 Å². The van der Waals surface area contributed by atoms with Crippen molar-refractivity contribution in [1.82, 2.24) is 0 Å². The normalized spacial score (nSPS) is 13.1. The highest BCUT2D eigenvalue weighted by Crippen LogP contribution is 2.30. The molecule has 0 spiro atoms. The van der Waals surface area contributed by atoms with Crippen LogP contribution in [0.3, 0.4) is 0 Å². The zero-order valence-electron chi connectivity index (χ0n) is 13.0. The molecule has 0 aliphatic heterocycles. The smallest absolute Gasteiger partial charge is 0.261 e. The highest BCUT2D eigenvalue weighted by Gasteiger charge is 2.17. The molecule has 2 nitrogen and oxygen atoms in total. The summed E-state index contributed by atoms with van der Waals surface area (Å²) in [5.41, 5.74) is 13.6. The van der Waals surface area contributed by atoms with Crippen molar-refractivity contribution in [2.45, 2.75) is 53.5 Å². The number of rotatable bonds is 6. The monoisotopic (exact) mass is 285 g/mol. The summed E-state index contributed by atoms with van der Waals surface area (Å²) in [4.78, 5) is 0. The van der Waals surface area contributed by atoms with Gasteiger partial charge in [-0.05, 0) is 74.4 Å². The Bertz CT molecular complexity index is 443. The Morgan fingerprint density at radius 2 is 1.35 bits per heavy atom. The predicted octanol–water partition coefficient (Wildman–Crippen LogP) is 3.90. The topological polar surface area (TPSA) is 35.2 Å². The largest absolute Gasteiger partial charge is 0.375 e. The lowest BCUT2D eigenvalue weighted by Crippen LogP contribution is -2.18. The van der Waals surface area contributed by atoms with E-state index in [1.54, 1.807) is 0 Å². The SMILES string of the molecule is Cc1c(C)c(C)c(C(N)CCOCC(F)F)c(C)c1C. The molecule has 1 unspecified atom stereocenters. The minimum atomic E-state index is -2.42. The number of benzene rings is 1. The molecule has 20 heavy (non-hydrogen) atoms. The Morgan fingerprint density at radius 1 is 0.900 bits per heavy atom. The Balaban J connectivity index is 2.85. The number of hydrogen-bond donors (Lipinski definition) is 1. The van der Waals surface area contributed by atoms with Crippen molar-refractivity contribution in [3.63, 3.8) is 0 Å². The standard InChI is InChI=1S/C16H25F2NO/c1-9-10(2)12(4)16(13(5)11(9)3)14(19)6-7-20-8-15(17)18/h14-15H,6-8,19H2,1-5H3. The lowest BCUT2D eigenvalue weighted by Gasteiger charge is -2.23. The quantitative estimate of drug-likeness (QED) is 0.805. The molecule has 0 radical (unpaired) electrons. The van der Waals surface area contributed by atoms with E-state index in [2.05, 4.69) is 34.6 Å². The Hall–Kier alpha value is -1.00. The van der Waals surface area contributed by atoms with E-state index in [0.717, 1.165) is 5.56 Å². The highest BCUT2D eigenvalue weighted by atomic mass is 19.3. The molecule has 1 aromatic rings. The molecular weight excluding hydrogens is 260 g/mol. The summed E-state index contributed by atoms with van der Waals surface area (Å²) >= 11 is 0. The molecule has 1 atom stereocenters. The van der Waals surface area contributed by atoms with Crippen LogP contribution < -0.4 is 5.73 Å². The van der Waals surface area contributed by atoms with Crippen molar-refractivity contribution in [2.75, 3.05) is 13.2 Å². The van der Waals surface area contributed by atoms with Crippen molar-refractivity contribution in [3.8, 4) is 0 Å². The van der Waals surface area contributed by atoms with Crippen molar-refractivity contribution >= 4 is 0 Å². The lowest BCUT2D eigenvalue weighted by molar-refractivity contribution is 0.0152. The number of hydrogen-bond acceptors (Lipinski definition) is 2. The lowest BCUT2D eigenvalue weighted by atomic mass is 9.86. The van der Waals surface area contributed by atoms with Crippen molar-refractivity contribution in [3.05, 3.63) is 33.4 Å². The zero-order chi connectivity index (χ0) is 15.4. The number of nitrogens with two attached hydrogens (primary N) is 1. The van der Waals surface area contributed by atoms with Crippen LogP contribution in [0, 0.1) is 34.6 Å². The van der Waals surface area contributed by atoms with Crippen LogP contribution in [0.1, 0.15) is 45.8 Å². The first-order valence-electron chi connectivity index (χ1n) is 6.95. The van der Waals surface area contributed by atoms with Crippen LogP contribution >= 0.6 is 0 Å². The van der Waals surface area contributed by atoms with E-state index < -0.39 is 13.0 Å². The van der Waals surface area contributed by atoms with Crippen LogP contribution in [0.25, 0.3) is 0 Å². The van der Waals surface area contributed by atoms with E-state index in [0.29, 0.717) is 6.42 Å². The van der Waals surface area contributed by atoms with Gasteiger partial charge in [-0.15, -0.1) is 0 Å². The van der Waals surface area contributed by atoms with E-state index in [4.69, 9.17) is 10.5 Å². The van der Waals surface area contributed by atoms with Gasteiger partial charge in [-0.25, -0.2) is 8.78 Å². The highest BCUT2D eigenvalue weighted by molar-refractivity contribution is 5.50. The molecule has 1 aromatic carbocycles. The van der Waals surface area contributed by atoms with Gasteiger partial charge in [0.1, 0.15) is 6.61 Å². The van der Waals surface area contributed by atoms with Gasteiger partial charge >= 0.3 is 0 Å². The molecule has 0 bridgehead atoms. The fourth-order valence-corrected chi connectivity index (χ4v) is 2.61. The molecule has 0 aromatic heterocycles. The van der Waals surface area contributed by atoms with Gasteiger partial charge < -0.3 is 10.5 Å². The second-order valence-electron chi connectivity index (χ2n) is 5.40. The van der Waals surface area contributed by atoms with E-state index in [1.807, 2.05) is 0 Å². The second-order valence-corrected chi connectivity index (χ2v) is 5.40. The predicted molar refractivity (Wildman–Crippen MR) is 78.5 cm³/mol. The van der Waals surface area contributed by atoms with Gasteiger partial charge in [0.15, 0.2) is 0 Å². The summed E-state index contributed by atoms with van der Waals surface area (Å²) in [6, 6.07) is -0.175. The van der Waals surface area contributed by atoms with Gasteiger partial charge in [0.05, 0.1) is 0 Å². The Labute approximate surface area is 120 Å². The van der Waals surface area contributed by atoms with Crippen LogP contribution in [0.5, 0.6) is 0 Å². The third-order valence-electron chi connectivity index (χ3n) is 4.25. The maximum absolute atomic E-state index is 12.0. The van der Waals surface area contributed by atoms with Crippen LogP contribution in [0.4, 0.5) is 8.78 Å². The first-order chi connectivity index (χ1) is 9.27. The minimum absolute atomic E-state index is 0.175. The second kappa shape index (κ2) is 7.14. The average molecular weight is 285 g/mol. The van der Waals surface area contributed by atoms with E-state index in [-0.39, 0.29) is 12.6 Å². The van der Waals surface area contributed by atoms with Gasteiger partial charge in [0.25, 0.3) is 6.43 Å². The Kier molecular flexibility index (Phi) is 6.08.